The van der Waals surface area contributed by atoms with Crippen molar-refractivity contribution in [2.24, 2.45) is 0 Å². The van der Waals surface area contributed by atoms with Crippen LogP contribution in [0, 0.1) is 0 Å². The first-order chi connectivity index (χ1) is 6.35. The van der Waals surface area contributed by atoms with Gasteiger partial charge in [-0.25, -0.2) is 0 Å². The molecule has 1 amide bonds. The van der Waals surface area contributed by atoms with E-state index in [4.69, 9.17) is 4.74 Å². The molecule has 1 unspecified atom stereocenters. The summed E-state index contributed by atoms with van der Waals surface area (Å²) in [6, 6.07) is 0.128. The second kappa shape index (κ2) is 5.81. The fourth-order valence-corrected chi connectivity index (χ4v) is 0.907. The summed E-state index contributed by atoms with van der Waals surface area (Å²) in [6.07, 6.45) is 2.57. The third-order valence-electron chi connectivity index (χ3n) is 1.56. The van der Waals surface area contributed by atoms with Crippen LogP contribution in [0.4, 0.5) is 0 Å². The van der Waals surface area contributed by atoms with Crippen LogP contribution in [0.3, 0.4) is 0 Å². The van der Waals surface area contributed by atoms with E-state index in [2.05, 4.69) is 11.9 Å². The second-order valence-electron chi connectivity index (χ2n) is 4.39. The lowest BCUT2D eigenvalue weighted by Gasteiger charge is -2.20. The molecule has 0 saturated carbocycles. The molecule has 0 spiro atoms. The summed E-state index contributed by atoms with van der Waals surface area (Å²) in [5.41, 5.74) is -0.265. The largest absolute Gasteiger partial charge is 0.366 e. The molecular weight excluding hydrogens is 178 g/mol. The maximum Gasteiger partial charge on any atom is 0.246 e. The summed E-state index contributed by atoms with van der Waals surface area (Å²) in [6.45, 7) is 11.4. The van der Waals surface area contributed by atoms with Crippen molar-refractivity contribution < 1.29 is 9.53 Å². The van der Waals surface area contributed by atoms with Gasteiger partial charge in [-0.1, -0.05) is 6.08 Å². The van der Waals surface area contributed by atoms with Crippen molar-refractivity contribution in [3.8, 4) is 0 Å². The van der Waals surface area contributed by atoms with Crippen molar-refractivity contribution in [1.29, 1.82) is 0 Å². The van der Waals surface area contributed by atoms with Gasteiger partial charge in [0.25, 0.3) is 0 Å². The maximum absolute atomic E-state index is 11.3. The van der Waals surface area contributed by atoms with Crippen molar-refractivity contribution in [2.45, 2.75) is 45.8 Å². The number of ether oxygens (including phenoxy) is 1. The van der Waals surface area contributed by atoms with Gasteiger partial charge in [0, 0.05) is 6.04 Å². The maximum atomic E-state index is 11.3. The van der Waals surface area contributed by atoms with Gasteiger partial charge in [-0.2, -0.15) is 0 Å². The molecule has 1 N–H and O–H groups in total. The van der Waals surface area contributed by atoms with Gasteiger partial charge in [0.15, 0.2) is 0 Å². The number of rotatable bonds is 5. The van der Waals surface area contributed by atoms with Crippen LogP contribution in [0.5, 0.6) is 0 Å². The molecule has 0 aromatic rings. The number of nitrogens with one attached hydrogen (secondary N) is 1. The quantitative estimate of drug-likeness (QED) is 0.687. The molecule has 0 rings (SSSR count). The highest BCUT2D eigenvalue weighted by molar-refractivity contribution is 5.77. The number of hydrogen-bond acceptors (Lipinski definition) is 2. The minimum Gasteiger partial charge on any atom is -0.366 e. The van der Waals surface area contributed by atoms with Crippen molar-refractivity contribution in [2.75, 3.05) is 6.61 Å². The van der Waals surface area contributed by atoms with E-state index in [0.717, 1.165) is 6.42 Å². The van der Waals surface area contributed by atoms with Gasteiger partial charge in [-0.05, 0) is 34.1 Å². The lowest BCUT2D eigenvalue weighted by molar-refractivity contribution is -0.131. The average molecular weight is 199 g/mol. The van der Waals surface area contributed by atoms with E-state index >= 15 is 0 Å². The Morgan fingerprint density at radius 1 is 1.57 bits per heavy atom. The first kappa shape index (κ1) is 13.2. The molecule has 0 radical (unpaired) electrons. The Hall–Kier alpha value is -0.830. The van der Waals surface area contributed by atoms with E-state index < -0.39 is 0 Å². The van der Waals surface area contributed by atoms with Crippen LogP contribution >= 0.6 is 0 Å². The monoisotopic (exact) mass is 199 g/mol. The summed E-state index contributed by atoms with van der Waals surface area (Å²) < 4.78 is 5.33. The molecule has 0 aromatic carbocycles. The Labute approximate surface area is 86.5 Å². The van der Waals surface area contributed by atoms with Gasteiger partial charge >= 0.3 is 0 Å². The van der Waals surface area contributed by atoms with E-state index in [9.17, 15) is 4.79 Å². The standard InChI is InChI=1S/C11H21NO2/c1-6-7-9(2)12-10(13)8-14-11(3,4)5/h6,9H,1,7-8H2,2-5H3,(H,12,13). The zero-order valence-electron chi connectivity index (χ0n) is 9.59. The molecular formula is C11H21NO2. The van der Waals surface area contributed by atoms with E-state index in [1.807, 2.05) is 27.7 Å². The molecule has 82 valence electrons. The molecule has 0 aliphatic heterocycles. The summed E-state index contributed by atoms with van der Waals surface area (Å²) in [7, 11) is 0. The van der Waals surface area contributed by atoms with Crippen molar-refractivity contribution in [3.05, 3.63) is 12.7 Å². The van der Waals surface area contributed by atoms with E-state index in [-0.39, 0.29) is 24.2 Å². The smallest absolute Gasteiger partial charge is 0.246 e. The Balaban J connectivity index is 3.70. The lowest BCUT2D eigenvalue weighted by Crippen LogP contribution is -2.37. The highest BCUT2D eigenvalue weighted by Gasteiger charge is 2.13. The van der Waals surface area contributed by atoms with Crippen molar-refractivity contribution in [3.63, 3.8) is 0 Å². The van der Waals surface area contributed by atoms with Gasteiger partial charge in [0.1, 0.15) is 6.61 Å². The zero-order valence-corrected chi connectivity index (χ0v) is 9.59. The molecule has 0 fully saturated rings. The first-order valence-electron chi connectivity index (χ1n) is 4.89. The molecule has 0 aromatic heterocycles. The molecule has 3 nitrogen and oxygen atoms in total. The molecule has 0 aliphatic carbocycles. The van der Waals surface area contributed by atoms with E-state index in [1.165, 1.54) is 0 Å². The highest BCUT2D eigenvalue weighted by Crippen LogP contribution is 2.05. The van der Waals surface area contributed by atoms with Gasteiger partial charge in [-0.15, -0.1) is 6.58 Å². The van der Waals surface area contributed by atoms with Crippen molar-refractivity contribution >= 4 is 5.91 Å². The van der Waals surface area contributed by atoms with Crippen LogP contribution in [0.2, 0.25) is 0 Å². The third kappa shape index (κ3) is 7.80. The van der Waals surface area contributed by atoms with E-state index in [0.29, 0.717) is 0 Å². The molecule has 0 heterocycles. The lowest BCUT2D eigenvalue weighted by atomic mass is 10.2. The zero-order chi connectivity index (χ0) is 11.2. The summed E-state index contributed by atoms with van der Waals surface area (Å²) in [4.78, 5) is 11.3. The van der Waals surface area contributed by atoms with Crippen LogP contribution < -0.4 is 5.32 Å². The van der Waals surface area contributed by atoms with Crippen LogP contribution in [0.1, 0.15) is 34.1 Å². The minimum atomic E-state index is -0.265. The highest BCUT2D eigenvalue weighted by atomic mass is 16.5. The number of carbonyl (C=O) groups is 1. The number of hydrogen-bond donors (Lipinski definition) is 1. The van der Waals surface area contributed by atoms with Gasteiger partial charge in [-0.3, -0.25) is 4.79 Å². The van der Waals surface area contributed by atoms with Gasteiger partial charge in [0.05, 0.1) is 5.60 Å². The topological polar surface area (TPSA) is 38.3 Å². The fraction of sp³-hybridized carbons (Fsp3) is 0.727. The molecule has 0 bridgehead atoms. The van der Waals surface area contributed by atoms with E-state index in [1.54, 1.807) is 6.08 Å². The molecule has 3 heteroatoms. The predicted octanol–water partition coefficient (Wildman–Crippen LogP) is 1.88. The Morgan fingerprint density at radius 2 is 2.14 bits per heavy atom. The predicted molar refractivity (Wildman–Crippen MR) is 58.1 cm³/mol. The first-order valence-corrected chi connectivity index (χ1v) is 4.89. The normalized spacial score (nSPS) is 13.4. The Morgan fingerprint density at radius 3 is 2.57 bits per heavy atom. The number of carbonyl (C=O) groups excluding carboxylic acids is 1. The van der Waals surface area contributed by atoms with Gasteiger partial charge in [0.2, 0.25) is 5.91 Å². The van der Waals surface area contributed by atoms with Gasteiger partial charge < -0.3 is 10.1 Å². The summed E-state index contributed by atoms with van der Waals surface area (Å²) in [5.74, 6) is -0.0747. The molecule has 1 atom stereocenters. The minimum absolute atomic E-state index is 0.0747. The molecule has 0 aliphatic rings. The molecule has 0 saturated heterocycles. The SMILES string of the molecule is C=CCC(C)NC(=O)COC(C)(C)C. The van der Waals surface area contributed by atoms with Crippen molar-refractivity contribution in [1.82, 2.24) is 5.32 Å². The Bertz CT molecular complexity index is 194. The summed E-state index contributed by atoms with van der Waals surface area (Å²) in [5, 5.41) is 2.82. The van der Waals surface area contributed by atoms with Crippen LogP contribution in [-0.4, -0.2) is 24.2 Å². The fourth-order valence-electron chi connectivity index (χ4n) is 0.907. The summed E-state index contributed by atoms with van der Waals surface area (Å²) >= 11 is 0. The third-order valence-corrected chi connectivity index (χ3v) is 1.56. The Kier molecular flexibility index (Phi) is 5.46. The second-order valence-corrected chi connectivity index (χ2v) is 4.39. The molecule has 14 heavy (non-hydrogen) atoms. The van der Waals surface area contributed by atoms with Crippen LogP contribution in [-0.2, 0) is 9.53 Å². The van der Waals surface area contributed by atoms with Crippen LogP contribution in [0.25, 0.3) is 0 Å². The number of amides is 1. The van der Waals surface area contributed by atoms with Crippen LogP contribution in [0.15, 0.2) is 12.7 Å². The average Bonchev–Trinajstić information content (AvgIpc) is 2.00.